The summed E-state index contributed by atoms with van der Waals surface area (Å²) in [6.45, 7) is 8.37. The first-order valence-corrected chi connectivity index (χ1v) is 13.0. The van der Waals surface area contributed by atoms with Gasteiger partial charge in [0.25, 0.3) is 19.0 Å². The van der Waals surface area contributed by atoms with Gasteiger partial charge in [-0.05, 0) is 59.7 Å². The molecule has 1 fully saturated rings. The van der Waals surface area contributed by atoms with E-state index in [-0.39, 0.29) is 24.4 Å². The molecule has 0 saturated carbocycles. The highest BCUT2D eigenvalue weighted by Crippen LogP contribution is 2.35. The van der Waals surface area contributed by atoms with Crippen LogP contribution in [0.3, 0.4) is 0 Å². The smallest absolute Gasteiger partial charge is 0.279 e. The van der Waals surface area contributed by atoms with Crippen LogP contribution in [0.1, 0.15) is 29.8 Å². The quantitative estimate of drug-likeness (QED) is 0.194. The zero-order valence-corrected chi connectivity index (χ0v) is 21.6. The molecular formula is C25H30BF4N5OS. The number of rotatable bonds is 9. The SMILES string of the molecule is C=C(NNC(=O)c1ccc(CN(c2cccc(F)c2)S(=C)N2CCB(C#N)CC2)c(F)c1)C(F)F.CC. The lowest BCUT2D eigenvalue weighted by Crippen LogP contribution is -2.38. The van der Waals surface area contributed by atoms with Gasteiger partial charge < -0.3 is 4.31 Å². The third-order valence-electron chi connectivity index (χ3n) is 5.51. The van der Waals surface area contributed by atoms with Crippen molar-refractivity contribution in [2.75, 3.05) is 17.4 Å². The molecule has 1 unspecified atom stereocenters. The van der Waals surface area contributed by atoms with E-state index in [0.29, 0.717) is 31.4 Å². The second-order valence-electron chi connectivity index (χ2n) is 7.90. The Morgan fingerprint density at radius 3 is 2.43 bits per heavy atom. The fourth-order valence-electron chi connectivity index (χ4n) is 3.49. The molecule has 0 radical (unpaired) electrons. The monoisotopic (exact) mass is 535 g/mol. The number of nitrogens with one attached hydrogen (secondary N) is 2. The van der Waals surface area contributed by atoms with Crippen molar-refractivity contribution in [1.29, 1.82) is 5.26 Å². The van der Waals surface area contributed by atoms with Crippen LogP contribution in [0, 0.1) is 22.9 Å². The standard InChI is InChI=1S/C23H24BF4N5OS.C2H6/c1-16(22(27)28)30-31-23(34)17-6-7-18(21(26)12-17)14-33(20-5-3-4-19(25)13-20)35(2)32-10-8-24(15-29)9-11-32;1-2/h3-7,12-13,22,30H,1-2,8-11,14H2,(H,31,34);1-2H3. The van der Waals surface area contributed by atoms with Gasteiger partial charge in [-0.3, -0.25) is 15.6 Å². The molecule has 1 heterocycles. The van der Waals surface area contributed by atoms with Crippen molar-refractivity contribution in [3.63, 3.8) is 0 Å². The summed E-state index contributed by atoms with van der Waals surface area (Å²) in [6.07, 6.45) is -1.49. The predicted molar refractivity (Wildman–Crippen MR) is 143 cm³/mol. The number of allylic oxidation sites excluding steroid dienone is 1. The average molecular weight is 535 g/mol. The van der Waals surface area contributed by atoms with Crippen LogP contribution >= 0.6 is 10.9 Å². The lowest BCUT2D eigenvalue weighted by atomic mass is 9.45. The molecule has 1 atom stereocenters. The number of carbonyl (C=O) groups is 1. The lowest BCUT2D eigenvalue weighted by Gasteiger charge is -2.37. The molecule has 2 aromatic carbocycles. The second-order valence-corrected chi connectivity index (χ2v) is 9.54. The van der Waals surface area contributed by atoms with Crippen molar-refractivity contribution in [3.8, 4) is 5.97 Å². The molecule has 6 nitrogen and oxygen atoms in total. The fraction of sp³-hybridized carbons (Fsp3) is 0.320. The van der Waals surface area contributed by atoms with Gasteiger partial charge >= 0.3 is 0 Å². The molecule has 0 aliphatic carbocycles. The molecule has 1 amide bonds. The number of hydrazine groups is 1. The minimum absolute atomic E-state index is 0.0191. The molecule has 198 valence electrons. The molecule has 0 bridgehead atoms. The van der Waals surface area contributed by atoms with Crippen LogP contribution in [-0.4, -0.2) is 42.3 Å². The maximum absolute atomic E-state index is 15.0. The van der Waals surface area contributed by atoms with Crippen molar-refractivity contribution < 1.29 is 22.4 Å². The summed E-state index contributed by atoms with van der Waals surface area (Å²) >= 11 is 0. The molecule has 1 aliphatic heterocycles. The summed E-state index contributed by atoms with van der Waals surface area (Å²) in [5.74, 6) is 4.59. The largest absolute Gasteiger partial charge is 0.306 e. The van der Waals surface area contributed by atoms with Crippen LogP contribution in [0.15, 0.2) is 54.7 Å². The Labute approximate surface area is 218 Å². The Morgan fingerprint density at radius 1 is 1.19 bits per heavy atom. The summed E-state index contributed by atoms with van der Waals surface area (Å²) in [4.78, 5) is 12.2. The second kappa shape index (κ2) is 14.4. The van der Waals surface area contributed by atoms with Gasteiger partial charge in [-0.15, -0.1) is 0 Å². The van der Waals surface area contributed by atoms with Gasteiger partial charge in [0.15, 0.2) is 0 Å². The van der Waals surface area contributed by atoms with Crippen LogP contribution in [0.4, 0.5) is 23.2 Å². The van der Waals surface area contributed by atoms with E-state index in [2.05, 4.69) is 22.7 Å². The maximum Gasteiger partial charge on any atom is 0.279 e. The molecule has 12 heteroatoms. The number of nitriles is 1. The minimum Gasteiger partial charge on any atom is -0.306 e. The average Bonchev–Trinajstić information content (AvgIpc) is 2.91. The highest BCUT2D eigenvalue weighted by molar-refractivity contribution is 8.13. The minimum atomic E-state index is -2.87. The van der Waals surface area contributed by atoms with E-state index in [9.17, 15) is 22.4 Å². The molecule has 0 aromatic heterocycles. The first kappa shape index (κ1) is 29.9. The molecule has 37 heavy (non-hydrogen) atoms. The maximum atomic E-state index is 15.0. The Balaban J connectivity index is 0.00000235. The van der Waals surface area contributed by atoms with Crippen molar-refractivity contribution in [2.24, 2.45) is 0 Å². The number of hydrogen-bond donors (Lipinski definition) is 2. The molecule has 0 spiro atoms. The zero-order chi connectivity index (χ0) is 27.5. The molecule has 2 N–H and O–H groups in total. The van der Waals surface area contributed by atoms with Gasteiger partial charge in [0.05, 0.1) is 17.9 Å². The lowest BCUT2D eigenvalue weighted by molar-refractivity contribution is 0.0928. The van der Waals surface area contributed by atoms with Crippen LogP contribution in [0.25, 0.3) is 0 Å². The van der Waals surface area contributed by atoms with E-state index in [1.165, 1.54) is 24.3 Å². The number of hydrogen-bond acceptors (Lipinski definition) is 5. The topological polar surface area (TPSA) is 71.4 Å². The van der Waals surface area contributed by atoms with E-state index in [1.807, 2.05) is 24.7 Å². The first-order valence-electron chi connectivity index (χ1n) is 11.7. The van der Waals surface area contributed by atoms with Crippen molar-refractivity contribution in [1.82, 2.24) is 15.2 Å². The summed E-state index contributed by atoms with van der Waals surface area (Å²) in [5.41, 5.74) is 4.02. The van der Waals surface area contributed by atoms with Crippen LogP contribution in [0.2, 0.25) is 12.6 Å². The van der Waals surface area contributed by atoms with Gasteiger partial charge in [-0.2, -0.15) is 0 Å². The van der Waals surface area contributed by atoms with Crippen molar-refractivity contribution in [2.45, 2.75) is 39.5 Å². The number of nitrogens with zero attached hydrogens (tertiary/aromatic N) is 3. The molecular weight excluding hydrogens is 505 g/mol. The molecule has 1 saturated heterocycles. The van der Waals surface area contributed by atoms with Crippen LogP contribution < -0.4 is 15.2 Å². The van der Waals surface area contributed by atoms with Gasteiger partial charge in [-0.25, -0.2) is 27.1 Å². The molecule has 1 aliphatic rings. The number of amides is 1. The summed E-state index contributed by atoms with van der Waals surface area (Å²) < 4.78 is 57.8. The Morgan fingerprint density at radius 2 is 1.86 bits per heavy atom. The predicted octanol–water partition coefficient (Wildman–Crippen LogP) is 5.41. The molecule has 3 rings (SSSR count). The van der Waals surface area contributed by atoms with E-state index in [0.717, 1.165) is 6.07 Å². The first-order chi connectivity index (χ1) is 17.7. The number of anilines is 1. The number of halogens is 4. The Bertz CT molecular complexity index is 1150. The van der Waals surface area contributed by atoms with Crippen LogP contribution in [0.5, 0.6) is 0 Å². The van der Waals surface area contributed by atoms with Crippen molar-refractivity contribution in [3.05, 3.63) is 77.5 Å². The summed E-state index contributed by atoms with van der Waals surface area (Å²) in [5, 5.41) is 9.16. The van der Waals surface area contributed by atoms with Gasteiger partial charge in [0, 0.05) is 30.2 Å². The van der Waals surface area contributed by atoms with Gasteiger partial charge in [0.2, 0.25) is 0 Å². The third kappa shape index (κ3) is 8.37. The number of benzene rings is 2. The normalized spacial score (nSPS) is 14.2. The third-order valence-corrected chi connectivity index (χ3v) is 7.32. The zero-order valence-electron chi connectivity index (χ0n) is 20.8. The Kier molecular flexibility index (Phi) is 11.7. The highest BCUT2D eigenvalue weighted by atomic mass is 32.2. The van der Waals surface area contributed by atoms with E-state index < -0.39 is 40.5 Å². The molecule has 2 aromatic rings. The highest BCUT2D eigenvalue weighted by Gasteiger charge is 2.26. The van der Waals surface area contributed by atoms with E-state index in [1.54, 1.807) is 16.4 Å². The van der Waals surface area contributed by atoms with Gasteiger partial charge in [0.1, 0.15) is 11.6 Å². The van der Waals surface area contributed by atoms with E-state index in [4.69, 9.17) is 5.26 Å². The van der Waals surface area contributed by atoms with Crippen LogP contribution in [-0.2, 0) is 6.54 Å². The number of carbonyl (C=O) groups excluding carboxylic acids is 1. The number of alkyl halides is 2. The Hall–Kier alpha value is -3.30. The van der Waals surface area contributed by atoms with E-state index >= 15 is 0 Å². The van der Waals surface area contributed by atoms with Crippen molar-refractivity contribution >= 4 is 35.0 Å². The fourth-order valence-corrected chi connectivity index (χ4v) is 5.05. The summed E-state index contributed by atoms with van der Waals surface area (Å²) in [6, 6.07) is 9.70. The van der Waals surface area contributed by atoms with Gasteiger partial charge in [-0.1, -0.05) is 32.6 Å². The summed E-state index contributed by atoms with van der Waals surface area (Å²) in [7, 11) is -0.802.